The average Bonchev–Trinajstić information content (AvgIpc) is 3.11. The molecule has 0 spiro atoms. The van der Waals surface area contributed by atoms with E-state index in [0.717, 1.165) is 33.9 Å². The molecule has 0 fully saturated rings. The van der Waals surface area contributed by atoms with Gasteiger partial charge in [0.15, 0.2) is 11.5 Å². The molecule has 0 atom stereocenters. The van der Waals surface area contributed by atoms with E-state index in [2.05, 4.69) is 0 Å². The second kappa shape index (κ2) is 4.79. The van der Waals surface area contributed by atoms with Crippen LogP contribution in [0.25, 0.3) is 22.4 Å². The maximum absolute atomic E-state index is 9.36. The molecule has 5 nitrogen and oxygen atoms in total. The van der Waals surface area contributed by atoms with Crippen molar-refractivity contribution in [3.05, 3.63) is 42.5 Å². The number of hydrogen-bond donors (Lipinski definition) is 1. The van der Waals surface area contributed by atoms with Crippen LogP contribution in [-0.2, 0) is 6.54 Å². The molecule has 0 unspecified atom stereocenters. The summed E-state index contributed by atoms with van der Waals surface area (Å²) in [6.07, 6.45) is 0. The van der Waals surface area contributed by atoms with Gasteiger partial charge in [0.25, 0.3) is 0 Å². The quantitative estimate of drug-likeness (QED) is 0.801. The lowest BCUT2D eigenvalue weighted by Gasteiger charge is -2.07. The zero-order chi connectivity index (χ0) is 14.2. The molecule has 4 rings (SSSR count). The Hall–Kier alpha value is -2.53. The lowest BCUT2D eigenvalue weighted by atomic mass is 10.2. The molecular weight excluding hydrogens is 268 g/mol. The fraction of sp³-hybridized carbons (Fsp3) is 0.188. The van der Waals surface area contributed by atoms with Gasteiger partial charge in [-0.1, -0.05) is 30.3 Å². The summed E-state index contributed by atoms with van der Waals surface area (Å²) in [6.45, 7) is 0.785. The summed E-state index contributed by atoms with van der Waals surface area (Å²) < 4.78 is 12.8. The number of nitrogens with zero attached hydrogens (tertiary/aromatic N) is 2. The van der Waals surface area contributed by atoms with E-state index < -0.39 is 0 Å². The van der Waals surface area contributed by atoms with Crippen LogP contribution in [0, 0.1) is 0 Å². The molecule has 0 saturated carbocycles. The maximum Gasteiger partial charge on any atom is 0.231 e. The molecular formula is C16H14N2O3. The predicted octanol–water partition coefficient (Wildman–Crippen LogP) is 2.42. The Morgan fingerprint density at radius 1 is 1.10 bits per heavy atom. The van der Waals surface area contributed by atoms with Crippen molar-refractivity contribution in [3.63, 3.8) is 0 Å². The number of benzene rings is 2. The predicted molar refractivity (Wildman–Crippen MR) is 78.4 cm³/mol. The van der Waals surface area contributed by atoms with E-state index in [1.54, 1.807) is 0 Å². The Bertz CT molecular complexity index is 796. The highest BCUT2D eigenvalue weighted by Crippen LogP contribution is 2.37. The first-order chi connectivity index (χ1) is 10.4. The molecule has 106 valence electrons. The highest BCUT2D eigenvalue weighted by Gasteiger charge is 2.19. The van der Waals surface area contributed by atoms with Gasteiger partial charge in [-0.3, -0.25) is 0 Å². The first-order valence-electron chi connectivity index (χ1n) is 6.83. The van der Waals surface area contributed by atoms with Crippen molar-refractivity contribution >= 4 is 11.0 Å². The Labute approximate surface area is 121 Å². The molecule has 0 saturated heterocycles. The van der Waals surface area contributed by atoms with Gasteiger partial charge in [0.05, 0.1) is 17.6 Å². The first-order valence-corrected chi connectivity index (χ1v) is 6.83. The lowest BCUT2D eigenvalue weighted by Crippen LogP contribution is -2.04. The normalized spacial score (nSPS) is 13.0. The summed E-state index contributed by atoms with van der Waals surface area (Å²) >= 11 is 0. The average molecular weight is 282 g/mol. The Morgan fingerprint density at radius 3 is 2.62 bits per heavy atom. The molecule has 1 N–H and O–H groups in total. The summed E-state index contributed by atoms with van der Waals surface area (Å²) in [5, 5.41) is 9.36. The second-order valence-corrected chi connectivity index (χ2v) is 4.87. The van der Waals surface area contributed by atoms with Gasteiger partial charge in [-0.2, -0.15) is 0 Å². The fourth-order valence-electron chi connectivity index (χ4n) is 2.65. The van der Waals surface area contributed by atoms with E-state index in [-0.39, 0.29) is 13.4 Å². The van der Waals surface area contributed by atoms with Gasteiger partial charge < -0.3 is 19.1 Å². The number of aliphatic hydroxyl groups excluding tert-OH is 1. The van der Waals surface area contributed by atoms with Crippen LogP contribution in [0.2, 0.25) is 0 Å². The molecule has 21 heavy (non-hydrogen) atoms. The number of aromatic nitrogens is 2. The molecule has 3 aromatic rings. The minimum absolute atomic E-state index is 0.0553. The lowest BCUT2D eigenvalue weighted by molar-refractivity contribution is 0.174. The van der Waals surface area contributed by atoms with Crippen LogP contribution < -0.4 is 9.47 Å². The molecule has 2 aromatic carbocycles. The Morgan fingerprint density at radius 2 is 1.86 bits per heavy atom. The van der Waals surface area contributed by atoms with Crippen molar-refractivity contribution in [2.45, 2.75) is 6.54 Å². The monoisotopic (exact) mass is 282 g/mol. The van der Waals surface area contributed by atoms with Gasteiger partial charge in [0, 0.05) is 24.2 Å². The van der Waals surface area contributed by atoms with E-state index in [9.17, 15) is 5.11 Å². The van der Waals surface area contributed by atoms with Gasteiger partial charge in [-0.25, -0.2) is 4.98 Å². The van der Waals surface area contributed by atoms with Crippen LogP contribution in [0.5, 0.6) is 11.5 Å². The largest absolute Gasteiger partial charge is 0.454 e. The summed E-state index contributed by atoms with van der Waals surface area (Å²) in [5.74, 6) is 2.28. The number of ether oxygens (including phenoxy) is 2. The van der Waals surface area contributed by atoms with Crippen molar-refractivity contribution in [2.75, 3.05) is 13.4 Å². The smallest absolute Gasteiger partial charge is 0.231 e. The summed E-state index contributed by atoms with van der Waals surface area (Å²) in [7, 11) is 0. The highest BCUT2D eigenvalue weighted by molar-refractivity contribution is 5.84. The van der Waals surface area contributed by atoms with Crippen LogP contribution in [-0.4, -0.2) is 28.1 Å². The van der Waals surface area contributed by atoms with Crippen molar-refractivity contribution in [2.24, 2.45) is 0 Å². The van der Waals surface area contributed by atoms with E-state index in [0.29, 0.717) is 6.54 Å². The molecule has 1 aromatic heterocycles. The highest BCUT2D eigenvalue weighted by atomic mass is 16.7. The Kier molecular flexibility index (Phi) is 2.79. The summed E-state index contributed by atoms with van der Waals surface area (Å²) in [6, 6.07) is 13.8. The van der Waals surface area contributed by atoms with E-state index >= 15 is 0 Å². The number of fused-ring (bicyclic) bond motifs is 2. The second-order valence-electron chi connectivity index (χ2n) is 4.87. The van der Waals surface area contributed by atoms with Crippen LogP contribution >= 0.6 is 0 Å². The first kappa shape index (κ1) is 12.2. The van der Waals surface area contributed by atoms with Crippen molar-refractivity contribution in [1.29, 1.82) is 0 Å². The third kappa shape index (κ3) is 1.94. The van der Waals surface area contributed by atoms with E-state index in [1.807, 2.05) is 47.0 Å². The number of aliphatic hydroxyl groups is 1. The standard InChI is InChI=1S/C16H14N2O3/c19-7-6-18-13-9-15-14(20-10-21-15)8-12(13)17-16(18)11-4-2-1-3-5-11/h1-5,8-9,19H,6-7,10H2. The molecule has 0 bridgehead atoms. The van der Waals surface area contributed by atoms with Gasteiger partial charge in [-0.15, -0.1) is 0 Å². The van der Waals surface area contributed by atoms with Gasteiger partial charge >= 0.3 is 0 Å². The maximum atomic E-state index is 9.36. The van der Waals surface area contributed by atoms with E-state index in [4.69, 9.17) is 14.5 Å². The number of hydrogen-bond acceptors (Lipinski definition) is 4. The topological polar surface area (TPSA) is 56.5 Å². The molecule has 0 aliphatic carbocycles. The van der Waals surface area contributed by atoms with Gasteiger partial charge in [-0.05, 0) is 0 Å². The third-order valence-electron chi connectivity index (χ3n) is 3.60. The van der Waals surface area contributed by atoms with Crippen LogP contribution in [0.1, 0.15) is 0 Å². The fourth-order valence-corrected chi connectivity index (χ4v) is 2.65. The van der Waals surface area contributed by atoms with Crippen molar-refractivity contribution in [1.82, 2.24) is 9.55 Å². The molecule has 1 aliphatic heterocycles. The Balaban J connectivity index is 1.96. The minimum atomic E-state index is 0.0553. The SMILES string of the molecule is OCCn1c(-c2ccccc2)nc2cc3c(cc21)OCO3. The van der Waals surface area contributed by atoms with Gasteiger partial charge in [0.2, 0.25) is 6.79 Å². The summed E-state index contributed by atoms with van der Waals surface area (Å²) in [4.78, 5) is 4.70. The van der Waals surface area contributed by atoms with Crippen molar-refractivity contribution in [3.8, 4) is 22.9 Å². The van der Waals surface area contributed by atoms with E-state index in [1.165, 1.54) is 0 Å². The molecule has 1 aliphatic rings. The number of rotatable bonds is 3. The third-order valence-corrected chi connectivity index (χ3v) is 3.60. The van der Waals surface area contributed by atoms with Crippen molar-refractivity contribution < 1.29 is 14.6 Å². The van der Waals surface area contributed by atoms with Crippen LogP contribution in [0.15, 0.2) is 42.5 Å². The minimum Gasteiger partial charge on any atom is -0.454 e. The molecule has 0 radical (unpaired) electrons. The molecule has 5 heteroatoms. The van der Waals surface area contributed by atoms with Crippen LogP contribution in [0.4, 0.5) is 0 Å². The number of imidazole rings is 1. The zero-order valence-corrected chi connectivity index (χ0v) is 11.3. The van der Waals surface area contributed by atoms with Gasteiger partial charge in [0.1, 0.15) is 5.82 Å². The van der Waals surface area contributed by atoms with Crippen LogP contribution in [0.3, 0.4) is 0 Å². The summed E-state index contributed by atoms with van der Waals surface area (Å²) in [5.41, 5.74) is 2.79. The zero-order valence-electron chi connectivity index (χ0n) is 11.3. The molecule has 2 heterocycles. The molecule has 0 amide bonds.